The van der Waals surface area contributed by atoms with Crippen LogP contribution in [0.2, 0.25) is 0 Å². The summed E-state index contributed by atoms with van der Waals surface area (Å²) in [6, 6.07) is 14.2. The van der Waals surface area contributed by atoms with Gasteiger partial charge in [-0.05, 0) is 17.7 Å². The molecular formula is C14H12N2O. The number of nitrogens with zero attached hydrogens (tertiary/aromatic N) is 1. The van der Waals surface area contributed by atoms with Gasteiger partial charge in [0, 0.05) is 5.56 Å². The molecule has 0 unspecified atom stereocenters. The quantitative estimate of drug-likeness (QED) is 0.725. The number of methoxy groups -OCH3 is 1. The number of hydrogen-bond acceptors (Lipinski definition) is 2. The van der Waals surface area contributed by atoms with E-state index < -0.39 is 0 Å². The average molecular weight is 224 g/mol. The van der Waals surface area contributed by atoms with Crippen LogP contribution in [0.25, 0.3) is 22.2 Å². The number of rotatable bonds is 2. The van der Waals surface area contributed by atoms with Crippen LogP contribution in [0, 0.1) is 0 Å². The number of aromatic nitrogens is 2. The molecule has 2 aromatic carbocycles. The van der Waals surface area contributed by atoms with Crippen LogP contribution in [0.15, 0.2) is 48.8 Å². The van der Waals surface area contributed by atoms with Gasteiger partial charge >= 0.3 is 0 Å². The summed E-state index contributed by atoms with van der Waals surface area (Å²) in [5.74, 6) is 0.817. The summed E-state index contributed by atoms with van der Waals surface area (Å²) in [6.45, 7) is 0. The van der Waals surface area contributed by atoms with Crippen molar-refractivity contribution in [3.63, 3.8) is 0 Å². The van der Waals surface area contributed by atoms with Crippen LogP contribution in [0.4, 0.5) is 0 Å². The topological polar surface area (TPSA) is 37.9 Å². The third kappa shape index (κ3) is 1.56. The normalized spacial score (nSPS) is 10.6. The van der Waals surface area contributed by atoms with Crippen molar-refractivity contribution in [1.82, 2.24) is 9.97 Å². The Morgan fingerprint density at radius 1 is 1.06 bits per heavy atom. The van der Waals surface area contributed by atoms with Crippen LogP contribution in [0.1, 0.15) is 0 Å². The maximum Gasteiger partial charge on any atom is 0.144 e. The first-order chi connectivity index (χ1) is 8.40. The number of H-pyrrole nitrogens is 1. The van der Waals surface area contributed by atoms with Gasteiger partial charge in [0.2, 0.25) is 0 Å². The van der Waals surface area contributed by atoms with E-state index in [4.69, 9.17) is 4.74 Å². The number of ether oxygens (including phenoxy) is 1. The van der Waals surface area contributed by atoms with Gasteiger partial charge in [-0.2, -0.15) is 0 Å². The van der Waals surface area contributed by atoms with Crippen LogP contribution in [-0.2, 0) is 0 Å². The van der Waals surface area contributed by atoms with Crippen molar-refractivity contribution in [3.8, 4) is 16.9 Å². The molecule has 1 heterocycles. The lowest BCUT2D eigenvalue weighted by Gasteiger charge is -2.06. The Hall–Kier alpha value is -2.29. The second-order valence-electron chi connectivity index (χ2n) is 3.81. The molecule has 0 saturated carbocycles. The minimum atomic E-state index is 0.817. The minimum Gasteiger partial charge on any atom is -0.494 e. The van der Waals surface area contributed by atoms with E-state index in [2.05, 4.69) is 22.1 Å². The summed E-state index contributed by atoms with van der Waals surface area (Å²) in [7, 11) is 1.66. The van der Waals surface area contributed by atoms with E-state index >= 15 is 0 Å². The van der Waals surface area contributed by atoms with Crippen molar-refractivity contribution in [3.05, 3.63) is 48.8 Å². The minimum absolute atomic E-state index is 0.817. The predicted molar refractivity (Wildman–Crippen MR) is 68.1 cm³/mol. The smallest absolute Gasteiger partial charge is 0.144 e. The summed E-state index contributed by atoms with van der Waals surface area (Å²) >= 11 is 0. The number of imidazole rings is 1. The highest BCUT2D eigenvalue weighted by atomic mass is 16.5. The molecule has 0 amide bonds. The fourth-order valence-electron chi connectivity index (χ4n) is 2.03. The van der Waals surface area contributed by atoms with Gasteiger partial charge in [0.25, 0.3) is 0 Å². The summed E-state index contributed by atoms with van der Waals surface area (Å²) < 4.78 is 5.31. The van der Waals surface area contributed by atoms with E-state index in [1.54, 1.807) is 13.4 Å². The Morgan fingerprint density at radius 3 is 2.65 bits per heavy atom. The molecule has 0 aliphatic rings. The molecule has 0 bridgehead atoms. The Balaban J connectivity index is 2.29. The van der Waals surface area contributed by atoms with Gasteiger partial charge in [0.15, 0.2) is 0 Å². The fraction of sp³-hybridized carbons (Fsp3) is 0.0714. The van der Waals surface area contributed by atoms with E-state index in [0.717, 1.165) is 27.9 Å². The molecule has 17 heavy (non-hydrogen) atoms. The van der Waals surface area contributed by atoms with Gasteiger partial charge in [0.05, 0.1) is 19.0 Å². The first kappa shape index (κ1) is 9.90. The van der Waals surface area contributed by atoms with Crippen molar-refractivity contribution >= 4 is 11.0 Å². The predicted octanol–water partition coefficient (Wildman–Crippen LogP) is 3.24. The van der Waals surface area contributed by atoms with Crippen molar-refractivity contribution in [2.75, 3.05) is 7.11 Å². The maximum atomic E-state index is 5.31. The van der Waals surface area contributed by atoms with Gasteiger partial charge in [-0.3, -0.25) is 0 Å². The summed E-state index contributed by atoms with van der Waals surface area (Å²) in [5, 5.41) is 0. The first-order valence-electron chi connectivity index (χ1n) is 5.45. The standard InChI is InChI=1S/C14H12N2O/c1-17-12-8-7-11(10-5-3-2-4-6-10)13-14(12)16-9-15-13/h2-9H,1H3,(H,15,16). The Morgan fingerprint density at radius 2 is 1.88 bits per heavy atom. The average Bonchev–Trinajstić information content (AvgIpc) is 2.88. The van der Waals surface area contributed by atoms with Crippen LogP contribution < -0.4 is 4.74 Å². The third-order valence-corrected chi connectivity index (χ3v) is 2.85. The monoisotopic (exact) mass is 224 g/mol. The van der Waals surface area contributed by atoms with Crippen LogP contribution in [0.3, 0.4) is 0 Å². The zero-order chi connectivity index (χ0) is 11.7. The lowest BCUT2D eigenvalue weighted by molar-refractivity contribution is 0.419. The van der Waals surface area contributed by atoms with Crippen molar-refractivity contribution in [1.29, 1.82) is 0 Å². The van der Waals surface area contributed by atoms with Gasteiger partial charge < -0.3 is 9.72 Å². The highest BCUT2D eigenvalue weighted by Gasteiger charge is 2.09. The summed E-state index contributed by atoms with van der Waals surface area (Å²) in [5.41, 5.74) is 4.15. The number of hydrogen-bond donors (Lipinski definition) is 1. The molecule has 0 aliphatic heterocycles. The molecule has 84 valence electrons. The molecule has 0 fully saturated rings. The molecule has 1 N–H and O–H groups in total. The zero-order valence-electron chi connectivity index (χ0n) is 9.47. The van der Waals surface area contributed by atoms with Gasteiger partial charge in [-0.25, -0.2) is 4.98 Å². The van der Waals surface area contributed by atoms with E-state index in [1.807, 2.05) is 30.3 Å². The second kappa shape index (κ2) is 3.94. The Bertz CT molecular complexity index is 644. The summed E-state index contributed by atoms with van der Waals surface area (Å²) in [4.78, 5) is 7.48. The van der Waals surface area contributed by atoms with Crippen molar-refractivity contribution in [2.45, 2.75) is 0 Å². The van der Waals surface area contributed by atoms with E-state index in [1.165, 1.54) is 0 Å². The zero-order valence-corrected chi connectivity index (χ0v) is 9.47. The molecule has 0 saturated heterocycles. The highest BCUT2D eigenvalue weighted by Crippen LogP contribution is 2.31. The molecule has 0 radical (unpaired) electrons. The molecule has 3 aromatic rings. The number of benzene rings is 2. The molecule has 3 heteroatoms. The van der Waals surface area contributed by atoms with Crippen molar-refractivity contribution < 1.29 is 4.74 Å². The third-order valence-electron chi connectivity index (χ3n) is 2.85. The molecular weight excluding hydrogens is 212 g/mol. The lowest BCUT2D eigenvalue weighted by Crippen LogP contribution is -1.86. The second-order valence-corrected chi connectivity index (χ2v) is 3.81. The van der Waals surface area contributed by atoms with Gasteiger partial charge in [-0.1, -0.05) is 30.3 Å². The van der Waals surface area contributed by atoms with Gasteiger partial charge in [-0.15, -0.1) is 0 Å². The SMILES string of the molecule is COc1ccc(-c2ccccc2)c2nc[nH]c12. The molecule has 0 spiro atoms. The fourth-order valence-corrected chi connectivity index (χ4v) is 2.03. The Kier molecular flexibility index (Phi) is 2.29. The lowest BCUT2D eigenvalue weighted by atomic mass is 10.0. The molecule has 3 nitrogen and oxygen atoms in total. The largest absolute Gasteiger partial charge is 0.494 e. The molecule has 1 aromatic heterocycles. The van der Waals surface area contributed by atoms with E-state index in [-0.39, 0.29) is 0 Å². The van der Waals surface area contributed by atoms with Gasteiger partial charge in [0.1, 0.15) is 11.3 Å². The van der Waals surface area contributed by atoms with Crippen molar-refractivity contribution in [2.24, 2.45) is 0 Å². The first-order valence-corrected chi connectivity index (χ1v) is 5.45. The maximum absolute atomic E-state index is 5.31. The number of fused-ring (bicyclic) bond motifs is 1. The molecule has 0 aliphatic carbocycles. The molecule has 3 rings (SSSR count). The highest BCUT2D eigenvalue weighted by molar-refractivity contribution is 5.95. The van der Waals surface area contributed by atoms with E-state index in [9.17, 15) is 0 Å². The Labute approximate surface area is 99.1 Å². The van der Waals surface area contributed by atoms with Crippen LogP contribution in [0.5, 0.6) is 5.75 Å². The summed E-state index contributed by atoms with van der Waals surface area (Å²) in [6.07, 6.45) is 1.69. The van der Waals surface area contributed by atoms with Crippen LogP contribution in [-0.4, -0.2) is 17.1 Å². The number of aromatic amines is 1. The van der Waals surface area contributed by atoms with Crippen LogP contribution >= 0.6 is 0 Å². The number of nitrogens with one attached hydrogen (secondary N) is 1. The molecule has 0 atom stereocenters. The van der Waals surface area contributed by atoms with E-state index in [0.29, 0.717) is 0 Å².